The van der Waals surface area contributed by atoms with E-state index in [0.717, 1.165) is 18.4 Å². The van der Waals surface area contributed by atoms with Crippen LogP contribution < -0.4 is 4.84 Å². The van der Waals surface area contributed by atoms with Crippen LogP contribution in [0.4, 0.5) is 0 Å². The number of amides is 1. The van der Waals surface area contributed by atoms with Crippen LogP contribution in [0.15, 0.2) is 48.5 Å². The van der Waals surface area contributed by atoms with E-state index in [0.29, 0.717) is 17.6 Å². The van der Waals surface area contributed by atoms with Gasteiger partial charge in [-0.2, -0.15) is 0 Å². The molecule has 2 aromatic carbocycles. The van der Waals surface area contributed by atoms with E-state index in [2.05, 4.69) is 33.8 Å². The quantitative estimate of drug-likeness (QED) is 0.498. The molecule has 0 spiro atoms. The zero-order valence-electron chi connectivity index (χ0n) is 17.0. The van der Waals surface area contributed by atoms with Gasteiger partial charge in [-0.05, 0) is 54.0 Å². The number of hydroxylamine groups is 3. The van der Waals surface area contributed by atoms with Crippen molar-refractivity contribution in [1.29, 1.82) is 0 Å². The van der Waals surface area contributed by atoms with Crippen molar-refractivity contribution in [2.45, 2.75) is 40.5 Å². The molecular weight excluding hydrogens is 322 g/mol. The summed E-state index contributed by atoms with van der Waals surface area (Å²) in [5.41, 5.74) is 3.22. The van der Waals surface area contributed by atoms with E-state index in [1.165, 1.54) is 11.1 Å². The number of carbonyl (C=O) groups excluding carboxylic acids is 1. The average molecular weight is 355 g/mol. The molecule has 0 atom stereocenters. The second kappa shape index (κ2) is 8.50. The molecule has 1 amide bonds. The van der Waals surface area contributed by atoms with Gasteiger partial charge < -0.3 is 4.84 Å². The highest BCUT2D eigenvalue weighted by Crippen LogP contribution is 2.25. The van der Waals surface area contributed by atoms with Crippen LogP contribution in [0.25, 0.3) is 0 Å². The summed E-state index contributed by atoms with van der Waals surface area (Å²) in [4.78, 5) is 19.3. The lowest BCUT2D eigenvalue weighted by molar-refractivity contribution is -0.978. The molecule has 2 aromatic rings. The van der Waals surface area contributed by atoms with E-state index < -0.39 is 0 Å². The Balaban J connectivity index is 2.40. The predicted octanol–water partition coefficient (Wildman–Crippen LogP) is 5.29. The molecule has 0 saturated carbocycles. The Bertz CT molecular complexity index is 733. The molecule has 0 saturated heterocycles. The van der Waals surface area contributed by atoms with Gasteiger partial charge in [0, 0.05) is 0 Å². The standard InChI is InChI=1S/C23H32NO2/c1-17(2)15-19-11-10-14-21(22(19)16-18(3)4)23(25)24(5,6)26-20-12-8-7-9-13-20/h7-14,17-18H,15-16H2,1-6H3/q+1. The Morgan fingerprint density at radius 1 is 0.885 bits per heavy atom. The first kappa shape index (κ1) is 20.2. The molecular formula is C23H32NO2+. The molecule has 140 valence electrons. The summed E-state index contributed by atoms with van der Waals surface area (Å²) in [6.07, 6.45) is 1.88. The minimum absolute atomic E-state index is 0.0184. The first-order valence-electron chi connectivity index (χ1n) is 9.45. The summed E-state index contributed by atoms with van der Waals surface area (Å²) in [7, 11) is 3.59. The molecule has 0 aromatic heterocycles. The maximum Gasteiger partial charge on any atom is 0.386 e. The highest BCUT2D eigenvalue weighted by molar-refractivity contribution is 5.90. The lowest BCUT2D eigenvalue weighted by Gasteiger charge is -2.26. The van der Waals surface area contributed by atoms with Crippen molar-refractivity contribution < 1.29 is 14.3 Å². The van der Waals surface area contributed by atoms with E-state index in [1.807, 2.05) is 42.5 Å². The van der Waals surface area contributed by atoms with E-state index >= 15 is 0 Å². The number of rotatable bonds is 7. The topological polar surface area (TPSA) is 26.3 Å². The van der Waals surface area contributed by atoms with Gasteiger partial charge in [-0.1, -0.05) is 62.7 Å². The molecule has 3 nitrogen and oxygen atoms in total. The van der Waals surface area contributed by atoms with E-state index in [4.69, 9.17) is 4.84 Å². The molecule has 0 aliphatic carbocycles. The highest BCUT2D eigenvalue weighted by Gasteiger charge is 2.34. The van der Waals surface area contributed by atoms with Gasteiger partial charge in [0.25, 0.3) is 0 Å². The average Bonchev–Trinajstić information content (AvgIpc) is 2.55. The molecule has 0 fully saturated rings. The number of carbonyl (C=O) groups is 1. The molecule has 0 unspecified atom stereocenters. The lowest BCUT2D eigenvalue weighted by atomic mass is 9.89. The molecule has 0 N–H and O–H groups in total. The Labute approximate surface area is 158 Å². The summed E-state index contributed by atoms with van der Waals surface area (Å²) < 4.78 is -0.166. The van der Waals surface area contributed by atoms with Gasteiger partial charge in [-0.25, -0.2) is 4.79 Å². The van der Waals surface area contributed by atoms with Crippen molar-refractivity contribution in [3.05, 3.63) is 65.2 Å². The van der Waals surface area contributed by atoms with Crippen LogP contribution in [-0.4, -0.2) is 24.6 Å². The third-order valence-electron chi connectivity index (χ3n) is 4.31. The van der Waals surface area contributed by atoms with Crippen LogP contribution in [0, 0.1) is 11.8 Å². The number of quaternary nitrogens is 1. The second-order valence-electron chi connectivity index (χ2n) is 8.20. The van der Waals surface area contributed by atoms with Crippen LogP contribution in [0.1, 0.15) is 49.2 Å². The first-order chi connectivity index (χ1) is 12.2. The van der Waals surface area contributed by atoms with E-state index in [1.54, 1.807) is 14.1 Å². The van der Waals surface area contributed by atoms with Gasteiger partial charge in [0.1, 0.15) is 14.1 Å². The van der Waals surface area contributed by atoms with E-state index in [-0.39, 0.29) is 10.6 Å². The minimum Gasteiger partial charge on any atom is -0.308 e. The van der Waals surface area contributed by atoms with Crippen molar-refractivity contribution in [3.63, 3.8) is 0 Å². The molecule has 2 rings (SSSR count). The summed E-state index contributed by atoms with van der Waals surface area (Å²) in [6, 6.07) is 15.6. The summed E-state index contributed by atoms with van der Waals surface area (Å²) in [5, 5.41) is 0. The number of para-hydroxylation sites is 1. The van der Waals surface area contributed by atoms with Gasteiger partial charge in [0.15, 0.2) is 5.75 Å². The Morgan fingerprint density at radius 2 is 1.50 bits per heavy atom. The maximum absolute atomic E-state index is 13.4. The molecule has 0 heterocycles. The first-order valence-corrected chi connectivity index (χ1v) is 9.45. The van der Waals surface area contributed by atoms with Crippen LogP contribution in [0.3, 0.4) is 0 Å². The third-order valence-corrected chi connectivity index (χ3v) is 4.31. The molecule has 26 heavy (non-hydrogen) atoms. The fourth-order valence-electron chi connectivity index (χ4n) is 3.19. The SMILES string of the molecule is CC(C)Cc1cccc(C(=O)[N+](C)(C)Oc2ccccc2)c1CC(C)C. The van der Waals surface area contributed by atoms with Crippen molar-refractivity contribution in [2.24, 2.45) is 11.8 Å². The Morgan fingerprint density at radius 3 is 2.08 bits per heavy atom. The Kier molecular flexibility index (Phi) is 6.60. The molecule has 0 radical (unpaired) electrons. The number of hydrogen-bond donors (Lipinski definition) is 0. The fourth-order valence-corrected chi connectivity index (χ4v) is 3.19. The summed E-state index contributed by atoms with van der Waals surface area (Å²) in [6.45, 7) is 8.82. The smallest absolute Gasteiger partial charge is 0.308 e. The van der Waals surface area contributed by atoms with Crippen molar-refractivity contribution >= 4 is 5.91 Å². The number of hydrogen-bond acceptors (Lipinski definition) is 2. The molecule has 0 bridgehead atoms. The van der Waals surface area contributed by atoms with Gasteiger partial charge in [0.05, 0.1) is 5.56 Å². The highest BCUT2D eigenvalue weighted by atomic mass is 16.7. The molecule has 0 aliphatic rings. The molecule has 3 heteroatoms. The monoisotopic (exact) mass is 354 g/mol. The number of benzene rings is 2. The fraction of sp³-hybridized carbons (Fsp3) is 0.435. The van der Waals surface area contributed by atoms with Crippen LogP contribution in [0.5, 0.6) is 5.75 Å². The maximum atomic E-state index is 13.4. The zero-order valence-corrected chi connectivity index (χ0v) is 17.0. The second-order valence-corrected chi connectivity index (χ2v) is 8.20. The third kappa shape index (κ3) is 5.18. The van der Waals surface area contributed by atoms with Crippen molar-refractivity contribution in [2.75, 3.05) is 14.1 Å². The zero-order chi connectivity index (χ0) is 19.3. The van der Waals surface area contributed by atoms with Crippen LogP contribution in [0.2, 0.25) is 0 Å². The minimum atomic E-state index is -0.166. The number of nitrogens with zero attached hydrogens (tertiary/aromatic N) is 1. The predicted molar refractivity (Wildman–Crippen MR) is 107 cm³/mol. The van der Waals surface area contributed by atoms with E-state index in [9.17, 15) is 4.79 Å². The van der Waals surface area contributed by atoms with Gasteiger partial charge >= 0.3 is 5.91 Å². The largest absolute Gasteiger partial charge is 0.386 e. The Hall–Kier alpha value is -2.13. The lowest BCUT2D eigenvalue weighted by Crippen LogP contribution is -2.48. The van der Waals surface area contributed by atoms with Crippen LogP contribution in [-0.2, 0) is 12.8 Å². The summed E-state index contributed by atoms with van der Waals surface area (Å²) >= 11 is 0. The molecule has 0 aliphatic heterocycles. The van der Waals surface area contributed by atoms with Gasteiger partial charge in [0.2, 0.25) is 0 Å². The van der Waals surface area contributed by atoms with Crippen LogP contribution >= 0.6 is 0 Å². The van der Waals surface area contributed by atoms with Crippen molar-refractivity contribution in [3.8, 4) is 5.75 Å². The van der Waals surface area contributed by atoms with Gasteiger partial charge in [-0.3, -0.25) is 0 Å². The summed E-state index contributed by atoms with van der Waals surface area (Å²) in [5.74, 6) is 1.71. The van der Waals surface area contributed by atoms with Crippen molar-refractivity contribution in [1.82, 2.24) is 0 Å². The normalized spacial score (nSPS) is 11.8. The van der Waals surface area contributed by atoms with Gasteiger partial charge in [-0.15, -0.1) is 0 Å².